The first-order valence-electron chi connectivity index (χ1n) is 5.26. The number of hydrogen-bond acceptors (Lipinski definition) is 4. The zero-order valence-electron chi connectivity index (χ0n) is 9.49. The van der Waals surface area contributed by atoms with Crippen molar-refractivity contribution in [1.29, 1.82) is 0 Å². The number of nitrogens with zero attached hydrogens (tertiary/aromatic N) is 2. The summed E-state index contributed by atoms with van der Waals surface area (Å²) < 4.78 is 0. The predicted molar refractivity (Wildman–Crippen MR) is 65.4 cm³/mol. The normalized spacial score (nSPS) is 11.1. The molecule has 0 fully saturated rings. The molecule has 4 nitrogen and oxygen atoms in total. The number of imidazole rings is 1. The Hall–Kier alpha value is -0.520. The molecule has 1 aromatic rings. The van der Waals surface area contributed by atoms with Gasteiger partial charge in [-0.2, -0.15) is 0 Å². The van der Waals surface area contributed by atoms with E-state index in [-0.39, 0.29) is 0 Å². The van der Waals surface area contributed by atoms with E-state index in [1.54, 1.807) is 18.0 Å². The van der Waals surface area contributed by atoms with E-state index in [0.717, 1.165) is 30.5 Å². The molecular weight excluding hydrogens is 208 g/mol. The van der Waals surface area contributed by atoms with Crippen LogP contribution in [0, 0.1) is 0 Å². The molecule has 15 heavy (non-hydrogen) atoms. The summed E-state index contributed by atoms with van der Waals surface area (Å²) in [6, 6.07) is 0. The predicted octanol–water partition coefficient (Wildman–Crippen LogP) is 1.04. The zero-order chi connectivity index (χ0) is 10.9. The van der Waals surface area contributed by atoms with Crippen LogP contribution in [0.4, 0.5) is 0 Å². The van der Waals surface area contributed by atoms with Crippen LogP contribution in [0.25, 0.3) is 0 Å². The SMILES string of the molecule is CN(C)CCCNCCSc1ncc[nH]1. The summed E-state index contributed by atoms with van der Waals surface area (Å²) in [4.78, 5) is 9.43. The molecule has 0 spiro atoms. The summed E-state index contributed by atoms with van der Waals surface area (Å²) in [5, 5.41) is 4.42. The van der Waals surface area contributed by atoms with Crippen molar-refractivity contribution in [2.75, 3.05) is 39.5 Å². The van der Waals surface area contributed by atoms with Crippen molar-refractivity contribution in [3.63, 3.8) is 0 Å². The third-order valence-corrected chi connectivity index (χ3v) is 2.85. The Morgan fingerprint density at radius 3 is 3.00 bits per heavy atom. The Balaban J connectivity index is 1.85. The van der Waals surface area contributed by atoms with Gasteiger partial charge in [-0.25, -0.2) is 4.98 Å². The Labute approximate surface area is 95.8 Å². The quantitative estimate of drug-likeness (QED) is 0.515. The van der Waals surface area contributed by atoms with Gasteiger partial charge in [0.15, 0.2) is 5.16 Å². The summed E-state index contributed by atoms with van der Waals surface area (Å²) in [6.45, 7) is 3.29. The van der Waals surface area contributed by atoms with E-state index in [1.807, 2.05) is 6.20 Å². The Kier molecular flexibility index (Phi) is 6.47. The molecule has 1 rings (SSSR count). The third kappa shape index (κ3) is 6.54. The van der Waals surface area contributed by atoms with E-state index in [4.69, 9.17) is 0 Å². The van der Waals surface area contributed by atoms with Gasteiger partial charge in [-0.1, -0.05) is 11.8 Å². The number of thioether (sulfide) groups is 1. The van der Waals surface area contributed by atoms with E-state index in [2.05, 4.69) is 34.3 Å². The van der Waals surface area contributed by atoms with Gasteiger partial charge in [0.25, 0.3) is 0 Å². The van der Waals surface area contributed by atoms with Crippen molar-refractivity contribution in [2.45, 2.75) is 11.6 Å². The van der Waals surface area contributed by atoms with E-state index in [9.17, 15) is 0 Å². The molecule has 0 aliphatic rings. The Morgan fingerprint density at radius 2 is 2.33 bits per heavy atom. The number of aromatic nitrogens is 2. The van der Waals surface area contributed by atoms with Crippen LogP contribution >= 0.6 is 11.8 Å². The summed E-state index contributed by atoms with van der Waals surface area (Å²) in [5.74, 6) is 1.06. The fourth-order valence-electron chi connectivity index (χ4n) is 1.19. The molecule has 0 amide bonds. The van der Waals surface area contributed by atoms with E-state index in [1.165, 1.54) is 6.42 Å². The average Bonchev–Trinajstić information content (AvgIpc) is 2.68. The van der Waals surface area contributed by atoms with Crippen molar-refractivity contribution in [3.8, 4) is 0 Å². The molecule has 0 atom stereocenters. The molecule has 2 N–H and O–H groups in total. The van der Waals surface area contributed by atoms with Gasteiger partial charge in [0.1, 0.15) is 0 Å². The average molecular weight is 228 g/mol. The first-order chi connectivity index (χ1) is 7.29. The van der Waals surface area contributed by atoms with Gasteiger partial charge in [0, 0.05) is 24.7 Å². The van der Waals surface area contributed by atoms with Crippen LogP contribution in [0.15, 0.2) is 17.6 Å². The molecule has 5 heteroatoms. The van der Waals surface area contributed by atoms with Crippen molar-refractivity contribution >= 4 is 11.8 Å². The lowest BCUT2D eigenvalue weighted by atomic mass is 10.4. The number of aromatic amines is 1. The summed E-state index contributed by atoms with van der Waals surface area (Å²) in [7, 11) is 4.21. The second-order valence-corrected chi connectivity index (χ2v) is 4.73. The van der Waals surface area contributed by atoms with Crippen LogP contribution in [0.3, 0.4) is 0 Å². The molecule has 0 aliphatic carbocycles. The van der Waals surface area contributed by atoms with Crippen LogP contribution in [0.1, 0.15) is 6.42 Å². The van der Waals surface area contributed by atoms with Gasteiger partial charge in [0.05, 0.1) is 0 Å². The molecular formula is C10H20N4S. The highest BCUT2D eigenvalue weighted by Crippen LogP contribution is 2.09. The van der Waals surface area contributed by atoms with Crippen LogP contribution in [0.2, 0.25) is 0 Å². The third-order valence-electron chi connectivity index (χ3n) is 1.95. The van der Waals surface area contributed by atoms with E-state index >= 15 is 0 Å². The second kappa shape index (κ2) is 7.73. The summed E-state index contributed by atoms with van der Waals surface area (Å²) in [5.41, 5.74) is 0. The lowest BCUT2D eigenvalue weighted by molar-refractivity contribution is 0.396. The molecule has 86 valence electrons. The summed E-state index contributed by atoms with van der Waals surface area (Å²) >= 11 is 1.75. The zero-order valence-corrected chi connectivity index (χ0v) is 10.3. The fraction of sp³-hybridized carbons (Fsp3) is 0.700. The minimum atomic E-state index is 1.00. The highest BCUT2D eigenvalue weighted by molar-refractivity contribution is 7.99. The van der Waals surface area contributed by atoms with Gasteiger partial charge in [-0.15, -0.1) is 0 Å². The molecule has 0 unspecified atom stereocenters. The van der Waals surface area contributed by atoms with Gasteiger partial charge in [-0.05, 0) is 33.6 Å². The monoisotopic (exact) mass is 228 g/mol. The largest absolute Gasteiger partial charge is 0.340 e. The minimum absolute atomic E-state index is 1.00. The van der Waals surface area contributed by atoms with Gasteiger partial charge < -0.3 is 15.2 Å². The standard InChI is InChI=1S/C10H20N4S/c1-14(2)8-3-4-11-7-9-15-10-12-5-6-13-10/h5-6,11H,3-4,7-9H2,1-2H3,(H,12,13). The molecule has 0 radical (unpaired) electrons. The summed E-state index contributed by atoms with van der Waals surface area (Å²) in [6.07, 6.45) is 4.85. The first kappa shape index (κ1) is 12.5. The van der Waals surface area contributed by atoms with Crippen LogP contribution in [-0.2, 0) is 0 Å². The molecule has 0 saturated carbocycles. The number of rotatable bonds is 8. The van der Waals surface area contributed by atoms with E-state index in [0.29, 0.717) is 0 Å². The van der Waals surface area contributed by atoms with Gasteiger partial charge in [0.2, 0.25) is 0 Å². The highest BCUT2D eigenvalue weighted by Gasteiger charge is 1.95. The lowest BCUT2D eigenvalue weighted by Gasteiger charge is -2.09. The first-order valence-corrected chi connectivity index (χ1v) is 6.25. The smallest absolute Gasteiger partial charge is 0.165 e. The lowest BCUT2D eigenvalue weighted by Crippen LogP contribution is -2.23. The Bertz CT molecular complexity index is 236. The molecule has 0 saturated heterocycles. The van der Waals surface area contributed by atoms with E-state index < -0.39 is 0 Å². The minimum Gasteiger partial charge on any atom is -0.340 e. The number of nitrogens with one attached hydrogen (secondary N) is 2. The van der Waals surface area contributed by atoms with Crippen molar-refractivity contribution < 1.29 is 0 Å². The van der Waals surface area contributed by atoms with Gasteiger partial charge in [-0.3, -0.25) is 0 Å². The van der Waals surface area contributed by atoms with Crippen molar-refractivity contribution in [3.05, 3.63) is 12.4 Å². The number of H-pyrrole nitrogens is 1. The van der Waals surface area contributed by atoms with Crippen LogP contribution in [-0.4, -0.2) is 54.4 Å². The molecule has 1 heterocycles. The second-order valence-electron chi connectivity index (χ2n) is 3.65. The maximum atomic E-state index is 4.15. The van der Waals surface area contributed by atoms with Gasteiger partial charge >= 0.3 is 0 Å². The maximum absolute atomic E-state index is 4.15. The van der Waals surface area contributed by atoms with Crippen LogP contribution in [0.5, 0.6) is 0 Å². The molecule has 0 bridgehead atoms. The van der Waals surface area contributed by atoms with Crippen LogP contribution < -0.4 is 5.32 Å². The molecule has 1 aromatic heterocycles. The number of hydrogen-bond donors (Lipinski definition) is 2. The molecule has 0 aromatic carbocycles. The van der Waals surface area contributed by atoms with Crippen molar-refractivity contribution in [1.82, 2.24) is 20.2 Å². The highest BCUT2D eigenvalue weighted by atomic mass is 32.2. The topological polar surface area (TPSA) is 44.0 Å². The maximum Gasteiger partial charge on any atom is 0.165 e. The fourth-order valence-corrected chi connectivity index (χ4v) is 1.92. The van der Waals surface area contributed by atoms with Crippen molar-refractivity contribution in [2.24, 2.45) is 0 Å². The molecule has 0 aliphatic heterocycles. The Morgan fingerprint density at radius 1 is 1.47 bits per heavy atom.